The van der Waals surface area contributed by atoms with Crippen LogP contribution in [-0.2, 0) is 13.1 Å². The number of amidine groups is 1. The fourth-order valence-electron chi connectivity index (χ4n) is 3.53. The van der Waals surface area contributed by atoms with Gasteiger partial charge < -0.3 is 17.0 Å². The van der Waals surface area contributed by atoms with E-state index in [1.165, 1.54) is 22.5 Å². The molecule has 3 aromatic carbocycles. The molecular formula is C23H22BrClN2. The summed E-state index contributed by atoms with van der Waals surface area (Å²) in [6.45, 7) is 3.90. The maximum absolute atomic E-state index is 6.11. The van der Waals surface area contributed by atoms with Gasteiger partial charge in [0.1, 0.15) is 26.2 Å². The van der Waals surface area contributed by atoms with Crippen LogP contribution in [0, 0.1) is 0 Å². The van der Waals surface area contributed by atoms with Crippen LogP contribution in [0.4, 0.5) is 0 Å². The van der Waals surface area contributed by atoms with Crippen molar-refractivity contribution in [3.63, 3.8) is 0 Å². The van der Waals surface area contributed by atoms with Gasteiger partial charge in [0.05, 0.1) is 5.56 Å². The topological polar surface area (TPSA) is 6.25 Å². The number of halogens is 2. The molecule has 1 aliphatic heterocycles. The predicted octanol–water partition coefficient (Wildman–Crippen LogP) is 1.82. The van der Waals surface area contributed by atoms with Crippen LogP contribution in [0.15, 0.2) is 84.9 Å². The second-order valence-corrected chi connectivity index (χ2v) is 7.08. The van der Waals surface area contributed by atoms with Gasteiger partial charge in [-0.15, -0.1) is 0 Å². The molecule has 0 aromatic heterocycles. The number of hydrogen-bond acceptors (Lipinski definition) is 1. The van der Waals surface area contributed by atoms with Gasteiger partial charge >= 0.3 is 0 Å². The molecule has 0 fully saturated rings. The van der Waals surface area contributed by atoms with Crippen LogP contribution in [0.1, 0.15) is 16.7 Å². The lowest BCUT2D eigenvalue weighted by Crippen LogP contribution is -3.00. The number of nitrogens with zero attached hydrogens (tertiary/aromatic N) is 2. The van der Waals surface area contributed by atoms with Crippen LogP contribution >= 0.6 is 11.6 Å². The second kappa shape index (κ2) is 9.20. The Hall–Kier alpha value is -2.10. The van der Waals surface area contributed by atoms with Crippen LogP contribution in [-0.4, -0.2) is 28.4 Å². The summed E-state index contributed by atoms with van der Waals surface area (Å²) in [5, 5.41) is 0.775. The first-order valence-corrected chi connectivity index (χ1v) is 9.38. The van der Waals surface area contributed by atoms with E-state index < -0.39 is 0 Å². The van der Waals surface area contributed by atoms with Gasteiger partial charge in [0.25, 0.3) is 5.84 Å². The summed E-state index contributed by atoms with van der Waals surface area (Å²) in [5.41, 5.74) is 3.89. The first-order valence-electron chi connectivity index (χ1n) is 9.00. The Morgan fingerprint density at radius 3 is 2.00 bits per heavy atom. The molecule has 0 amide bonds. The van der Waals surface area contributed by atoms with E-state index in [4.69, 9.17) is 11.6 Å². The molecule has 0 atom stereocenters. The molecule has 0 saturated carbocycles. The Bertz CT molecular complexity index is 893. The van der Waals surface area contributed by atoms with Crippen LogP contribution in [0.25, 0.3) is 0 Å². The van der Waals surface area contributed by atoms with E-state index >= 15 is 0 Å². The van der Waals surface area contributed by atoms with Crippen LogP contribution in [0.2, 0.25) is 5.02 Å². The van der Waals surface area contributed by atoms with Gasteiger partial charge in [-0.3, -0.25) is 9.48 Å². The van der Waals surface area contributed by atoms with Crippen molar-refractivity contribution < 1.29 is 21.6 Å². The van der Waals surface area contributed by atoms with Gasteiger partial charge in [0.15, 0.2) is 0 Å². The zero-order valence-corrected chi connectivity index (χ0v) is 17.4. The summed E-state index contributed by atoms with van der Waals surface area (Å²) in [6.07, 6.45) is 0. The SMILES string of the molecule is Clc1ccc(C2=[N+](Cc3ccccc3)CCN2Cc2ccccc2)cc1.[Br-]. The first-order chi connectivity index (χ1) is 12.8. The van der Waals surface area contributed by atoms with Crippen molar-refractivity contribution in [1.82, 2.24) is 4.90 Å². The predicted molar refractivity (Wildman–Crippen MR) is 108 cm³/mol. The normalized spacial score (nSPS) is 13.6. The zero-order valence-electron chi connectivity index (χ0n) is 15.1. The molecule has 3 aromatic rings. The van der Waals surface area contributed by atoms with E-state index in [-0.39, 0.29) is 17.0 Å². The zero-order chi connectivity index (χ0) is 17.8. The fraction of sp³-hybridized carbons (Fsp3) is 0.174. The van der Waals surface area contributed by atoms with Crippen molar-refractivity contribution in [2.75, 3.05) is 13.1 Å². The third-order valence-corrected chi connectivity index (χ3v) is 5.03. The molecule has 0 saturated heterocycles. The average Bonchev–Trinajstić information content (AvgIpc) is 3.06. The minimum absolute atomic E-state index is 0. The third-order valence-electron chi connectivity index (χ3n) is 4.77. The summed E-state index contributed by atoms with van der Waals surface area (Å²) < 4.78 is 2.47. The summed E-state index contributed by atoms with van der Waals surface area (Å²) >= 11 is 6.11. The Kier molecular flexibility index (Phi) is 6.70. The Labute approximate surface area is 176 Å². The molecule has 27 heavy (non-hydrogen) atoms. The highest BCUT2D eigenvalue weighted by Crippen LogP contribution is 2.18. The van der Waals surface area contributed by atoms with Crippen molar-refractivity contribution in [3.8, 4) is 0 Å². The van der Waals surface area contributed by atoms with Crippen LogP contribution < -0.4 is 17.0 Å². The first kappa shape index (κ1) is 19.7. The standard InChI is InChI=1S/C23H22ClN2.BrH/c24-22-13-11-21(12-14-22)23-25(17-19-7-3-1-4-8-19)15-16-26(23)18-20-9-5-2-6-10-20;/h1-14H,15-18H2;1H/q+1;/p-1. The van der Waals surface area contributed by atoms with Crippen molar-refractivity contribution >= 4 is 17.4 Å². The van der Waals surface area contributed by atoms with E-state index in [2.05, 4.69) is 82.3 Å². The van der Waals surface area contributed by atoms with Gasteiger partial charge in [-0.2, -0.15) is 0 Å². The Balaban J connectivity index is 0.00000210. The second-order valence-electron chi connectivity index (χ2n) is 6.64. The highest BCUT2D eigenvalue weighted by Gasteiger charge is 2.31. The van der Waals surface area contributed by atoms with Crippen LogP contribution in [0.3, 0.4) is 0 Å². The molecule has 1 aliphatic rings. The summed E-state index contributed by atoms with van der Waals surface area (Å²) in [5.74, 6) is 1.29. The molecule has 4 heteroatoms. The maximum atomic E-state index is 6.11. The quantitative estimate of drug-likeness (QED) is 0.548. The molecule has 0 aliphatic carbocycles. The van der Waals surface area contributed by atoms with Crippen molar-refractivity contribution in [3.05, 3.63) is 107 Å². The monoisotopic (exact) mass is 440 g/mol. The van der Waals surface area contributed by atoms with Gasteiger partial charge in [-0.1, -0.05) is 72.3 Å². The number of hydrogen-bond donors (Lipinski definition) is 0. The van der Waals surface area contributed by atoms with Gasteiger partial charge in [0, 0.05) is 5.02 Å². The van der Waals surface area contributed by atoms with Crippen molar-refractivity contribution in [2.24, 2.45) is 0 Å². The van der Waals surface area contributed by atoms with Crippen LogP contribution in [0.5, 0.6) is 0 Å². The molecule has 0 unspecified atom stereocenters. The van der Waals surface area contributed by atoms with E-state index in [0.717, 1.165) is 31.2 Å². The molecule has 0 spiro atoms. The van der Waals surface area contributed by atoms with Crippen molar-refractivity contribution in [2.45, 2.75) is 13.1 Å². The highest BCUT2D eigenvalue weighted by molar-refractivity contribution is 6.30. The van der Waals surface area contributed by atoms with Gasteiger partial charge in [-0.05, 0) is 35.4 Å². The molecule has 0 bridgehead atoms. The number of benzene rings is 3. The molecule has 4 rings (SSSR count). The largest absolute Gasteiger partial charge is 1.00 e. The smallest absolute Gasteiger partial charge is 0.280 e. The lowest BCUT2D eigenvalue weighted by atomic mass is 10.1. The van der Waals surface area contributed by atoms with Gasteiger partial charge in [0.2, 0.25) is 0 Å². The fourth-order valence-corrected chi connectivity index (χ4v) is 3.66. The summed E-state index contributed by atoms with van der Waals surface area (Å²) in [7, 11) is 0. The average molecular weight is 442 g/mol. The molecular weight excluding hydrogens is 420 g/mol. The third kappa shape index (κ3) is 4.79. The molecule has 0 N–H and O–H groups in total. The number of rotatable bonds is 5. The summed E-state index contributed by atoms with van der Waals surface area (Å²) in [4.78, 5) is 2.47. The lowest BCUT2D eigenvalue weighted by molar-refractivity contribution is -0.533. The van der Waals surface area contributed by atoms with Crippen molar-refractivity contribution in [1.29, 1.82) is 0 Å². The Morgan fingerprint density at radius 1 is 0.778 bits per heavy atom. The maximum Gasteiger partial charge on any atom is 0.280 e. The van der Waals surface area contributed by atoms with E-state index in [1.807, 2.05) is 12.1 Å². The Morgan fingerprint density at radius 2 is 1.37 bits per heavy atom. The summed E-state index contributed by atoms with van der Waals surface area (Å²) in [6, 6.07) is 29.5. The minimum Gasteiger partial charge on any atom is -1.00 e. The van der Waals surface area contributed by atoms with E-state index in [1.54, 1.807) is 0 Å². The molecule has 1 heterocycles. The van der Waals surface area contributed by atoms with E-state index in [9.17, 15) is 0 Å². The highest BCUT2D eigenvalue weighted by atomic mass is 79.9. The molecule has 138 valence electrons. The lowest BCUT2D eigenvalue weighted by Gasteiger charge is -2.14. The molecule has 0 radical (unpaired) electrons. The minimum atomic E-state index is 0. The van der Waals surface area contributed by atoms with E-state index in [0.29, 0.717) is 0 Å². The van der Waals surface area contributed by atoms with Gasteiger partial charge in [-0.25, -0.2) is 0 Å². The molecule has 2 nitrogen and oxygen atoms in total.